The number of rotatable bonds is 6. The molecule has 2 heterocycles. The molecule has 0 spiro atoms. The predicted octanol–water partition coefficient (Wildman–Crippen LogP) is 4.02. The fourth-order valence-corrected chi connectivity index (χ4v) is 3.70. The second-order valence-electron chi connectivity index (χ2n) is 5.08. The van der Waals surface area contributed by atoms with E-state index in [1.165, 1.54) is 11.3 Å². The molecule has 0 fully saturated rings. The molecular weight excluding hydrogens is 406 g/mol. The Labute approximate surface area is 157 Å². The Balaban J connectivity index is 1.82. The standard InChI is InChI=1S/C17H16BrN3O3S/c1-23-12-5-3-4-11(16(12)24-2)10-21-15(8-9-19-21)20-17(22)13-6-7-14(18)25-13/h3-9H,10H2,1-2H3,(H,20,22). The number of benzene rings is 1. The van der Waals surface area contributed by atoms with E-state index < -0.39 is 0 Å². The Morgan fingerprint density at radius 2 is 2.08 bits per heavy atom. The highest BCUT2D eigenvalue weighted by molar-refractivity contribution is 9.11. The van der Waals surface area contributed by atoms with Crippen LogP contribution in [0.3, 0.4) is 0 Å². The largest absolute Gasteiger partial charge is 0.493 e. The zero-order valence-electron chi connectivity index (χ0n) is 13.7. The van der Waals surface area contributed by atoms with Gasteiger partial charge in [-0.25, -0.2) is 4.68 Å². The highest BCUT2D eigenvalue weighted by atomic mass is 79.9. The molecule has 3 aromatic rings. The average Bonchev–Trinajstić information content (AvgIpc) is 3.24. The first-order valence-corrected chi connectivity index (χ1v) is 9.01. The van der Waals surface area contributed by atoms with E-state index in [2.05, 4.69) is 26.3 Å². The Bertz CT molecular complexity index is 891. The van der Waals surface area contributed by atoms with Crippen LogP contribution >= 0.6 is 27.3 Å². The summed E-state index contributed by atoms with van der Waals surface area (Å²) in [5.41, 5.74) is 0.903. The van der Waals surface area contributed by atoms with Crippen molar-refractivity contribution < 1.29 is 14.3 Å². The zero-order valence-corrected chi connectivity index (χ0v) is 16.1. The Morgan fingerprint density at radius 3 is 2.76 bits per heavy atom. The number of hydrogen-bond donors (Lipinski definition) is 1. The first-order valence-electron chi connectivity index (χ1n) is 7.40. The number of hydrogen-bond acceptors (Lipinski definition) is 5. The summed E-state index contributed by atoms with van der Waals surface area (Å²) in [5.74, 6) is 1.75. The second kappa shape index (κ2) is 7.71. The third-order valence-corrected chi connectivity index (χ3v) is 5.18. The van der Waals surface area contributed by atoms with Crippen molar-refractivity contribution in [3.63, 3.8) is 0 Å². The fraction of sp³-hybridized carbons (Fsp3) is 0.176. The highest BCUT2D eigenvalue weighted by Gasteiger charge is 2.14. The molecule has 130 valence electrons. The van der Waals surface area contributed by atoms with Gasteiger partial charge < -0.3 is 14.8 Å². The number of methoxy groups -OCH3 is 2. The van der Waals surface area contributed by atoms with Gasteiger partial charge in [0.25, 0.3) is 5.91 Å². The summed E-state index contributed by atoms with van der Waals surface area (Å²) in [4.78, 5) is 13.0. The van der Waals surface area contributed by atoms with Gasteiger partial charge in [0.2, 0.25) is 0 Å². The van der Waals surface area contributed by atoms with Crippen LogP contribution in [0, 0.1) is 0 Å². The number of halogens is 1. The molecule has 0 bridgehead atoms. The van der Waals surface area contributed by atoms with Crippen molar-refractivity contribution in [2.45, 2.75) is 6.54 Å². The highest BCUT2D eigenvalue weighted by Crippen LogP contribution is 2.31. The summed E-state index contributed by atoms with van der Waals surface area (Å²) < 4.78 is 13.4. The van der Waals surface area contributed by atoms with Crippen LogP contribution in [0.5, 0.6) is 11.5 Å². The molecule has 0 aliphatic rings. The summed E-state index contributed by atoms with van der Waals surface area (Å²) in [7, 11) is 3.20. The number of carbonyl (C=O) groups excluding carboxylic acids is 1. The number of thiophene rings is 1. The maximum atomic E-state index is 12.3. The normalized spacial score (nSPS) is 10.5. The molecule has 0 radical (unpaired) electrons. The van der Waals surface area contributed by atoms with Gasteiger partial charge >= 0.3 is 0 Å². The van der Waals surface area contributed by atoms with Gasteiger partial charge in [-0.15, -0.1) is 11.3 Å². The van der Waals surface area contributed by atoms with Gasteiger partial charge in [-0.05, 0) is 34.1 Å². The average molecular weight is 422 g/mol. The molecule has 2 aromatic heterocycles. The Kier molecular flexibility index (Phi) is 5.40. The van der Waals surface area contributed by atoms with Gasteiger partial charge in [0, 0.05) is 11.6 Å². The van der Waals surface area contributed by atoms with Crippen molar-refractivity contribution in [1.82, 2.24) is 9.78 Å². The fourth-order valence-electron chi connectivity index (χ4n) is 2.42. The predicted molar refractivity (Wildman–Crippen MR) is 101 cm³/mol. The van der Waals surface area contributed by atoms with Crippen LogP contribution in [-0.2, 0) is 6.54 Å². The van der Waals surface area contributed by atoms with Crippen LogP contribution in [0.15, 0.2) is 46.4 Å². The number of ether oxygens (including phenoxy) is 2. The second-order valence-corrected chi connectivity index (χ2v) is 7.55. The maximum absolute atomic E-state index is 12.3. The van der Waals surface area contributed by atoms with Crippen molar-refractivity contribution in [2.75, 3.05) is 19.5 Å². The molecule has 0 aliphatic heterocycles. The van der Waals surface area contributed by atoms with Crippen molar-refractivity contribution in [3.05, 3.63) is 56.8 Å². The van der Waals surface area contributed by atoms with E-state index in [4.69, 9.17) is 9.47 Å². The van der Waals surface area contributed by atoms with E-state index in [0.29, 0.717) is 28.7 Å². The van der Waals surface area contributed by atoms with Crippen molar-refractivity contribution in [2.24, 2.45) is 0 Å². The van der Waals surface area contributed by atoms with Crippen LogP contribution in [0.2, 0.25) is 0 Å². The quantitative estimate of drug-likeness (QED) is 0.652. The van der Waals surface area contributed by atoms with Crippen LogP contribution in [0.1, 0.15) is 15.2 Å². The third-order valence-electron chi connectivity index (χ3n) is 3.56. The number of amides is 1. The van der Waals surface area contributed by atoms with E-state index in [1.54, 1.807) is 37.2 Å². The monoisotopic (exact) mass is 421 g/mol. The van der Waals surface area contributed by atoms with Crippen molar-refractivity contribution in [1.29, 1.82) is 0 Å². The Morgan fingerprint density at radius 1 is 1.24 bits per heavy atom. The minimum atomic E-state index is -0.171. The SMILES string of the molecule is COc1cccc(Cn2nccc2NC(=O)c2ccc(Br)s2)c1OC. The molecule has 0 aliphatic carbocycles. The summed E-state index contributed by atoms with van der Waals surface area (Å²) in [6.07, 6.45) is 1.65. The number of aromatic nitrogens is 2. The molecule has 3 rings (SSSR count). The molecule has 8 heteroatoms. The van der Waals surface area contributed by atoms with Gasteiger partial charge in [0.05, 0.1) is 35.6 Å². The molecule has 0 saturated heterocycles. The summed E-state index contributed by atoms with van der Waals surface area (Å²) in [6, 6.07) is 11.0. The first kappa shape index (κ1) is 17.5. The van der Waals surface area contributed by atoms with Crippen molar-refractivity contribution in [3.8, 4) is 11.5 Å². The molecule has 1 amide bonds. The number of anilines is 1. The van der Waals surface area contributed by atoms with E-state index in [9.17, 15) is 4.79 Å². The number of nitrogens with one attached hydrogen (secondary N) is 1. The Hall–Kier alpha value is -2.32. The molecular formula is C17H16BrN3O3S. The van der Waals surface area contributed by atoms with Gasteiger partial charge in [0.1, 0.15) is 5.82 Å². The molecule has 0 atom stereocenters. The lowest BCUT2D eigenvalue weighted by molar-refractivity contribution is 0.102. The van der Waals surface area contributed by atoms with Crippen LogP contribution in [-0.4, -0.2) is 29.9 Å². The molecule has 1 aromatic carbocycles. The molecule has 1 N–H and O–H groups in total. The van der Waals surface area contributed by atoms with Crippen LogP contribution < -0.4 is 14.8 Å². The van der Waals surface area contributed by atoms with Crippen molar-refractivity contribution >= 4 is 39.0 Å². The van der Waals surface area contributed by atoms with Gasteiger partial charge in [0.15, 0.2) is 11.5 Å². The summed E-state index contributed by atoms with van der Waals surface area (Å²) in [6.45, 7) is 0.442. The lowest BCUT2D eigenvalue weighted by Crippen LogP contribution is -2.15. The topological polar surface area (TPSA) is 65.4 Å². The lowest BCUT2D eigenvalue weighted by atomic mass is 10.2. The molecule has 25 heavy (non-hydrogen) atoms. The first-order chi connectivity index (χ1) is 12.1. The summed E-state index contributed by atoms with van der Waals surface area (Å²) in [5, 5.41) is 7.18. The number of para-hydroxylation sites is 1. The van der Waals surface area contributed by atoms with E-state index >= 15 is 0 Å². The minimum Gasteiger partial charge on any atom is -0.493 e. The van der Waals surface area contributed by atoms with Gasteiger partial charge in [-0.2, -0.15) is 5.10 Å². The van der Waals surface area contributed by atoms with Crippen LogP contribution in [0.4, 0.5) is 5.82 Å². The van der Waals surface area contributed by atoms with E-state index in [0.717, 1.165) is 9.35 Å². The third kappa shape index (κ3) is 3.85. The van der Waals surface area contributed by atoms with Gasteiger partial charge in [-0.1, -0.05) is 12.1 Å². The molecule has 6 nitrogen and oxygen atoms in total. The smallest absolute Gasteiger partial charge is 0.266 e. The minimum absolute atomic E-state index is 0.171. The summed E-state index contributed by atoms with van der Waals surface area (Å²) >= 11 is 4.74. The lowest BCUT2D eigenvalue weighted by Gasteiger charge is -2.14. The molecule has 0 unspecified atom stereocenters. The maximum Gasteiger partial charge on any atom is 0.266 e. The van der Waals surface area contributed by atoms with Gasteiger partial charge in [-0.3, -0.25) is 4.79 Å². The van der Waals surface area contributed by atoms with Crippen LogP contribution in [0.25, 0.3) is 0 Å². The number of carbonyl (C=O) groups is 1. The number of nitrogens with zero attached hydrogens (tertiary/aromatic N) is 2. The zero-order chi connectivity index (χ0) is 17.8. The van der Waals surface area contributed by atoms with E-state index in [-0.39, 0.29) is 5.91 Å². The van der Waals surface area contributed by atoms with E-state index in [1.807, 2.05) is 24.3 Å². The molecule has 0 saturated carbocycles.